The van der Waals surface area contributed by atoms with Crippen LogP contribution in [-0.2, 0) is 19.6 Å². The molecule has 2 aliphatic rings. The van der Waals surface area contributed by atoms with Gasteiger partial charge >= 0.3 is 6.09 Å². The van der Waals surface area contributed by atoms with E-state index >= 15 is 0 Å². The lowest BCUT2D eigenvalue weighted by Gasteiger charge is -2.35. The number of hydrogen-bond acceptors (Lipinski definition) is 6. The highest BCUT2D eigenvalue weighted by molar-refractivity contribution is 7.89. The van der Waals surface area contributed by atoms with E-state index in [4.69, 9.17) is 4.74 Å². The van der Waals surface area contributed by atoms with Crippen molar-refractivity contribution in [3.63, 3.8) is 0 Å². The largest absolute Gasteiger partial charge is 0.444 e. The number of pyridine rings is 1. The molecule has 200 valence electrons. The zero-order chi connectivity index (χ0) is 27.1. The van der Waals surface area contributed by atoms with Crippen molar-refractivity contribution in [2.45, 2.75) is 43.6 Å². The monoisotopic (exact) mass is 536 g/mol. The first-order valence-electron chi connectivity index (χ1n) is 12.7. The van der Waals surface area contributed by atoms with Crippen LogP contribution in [0.3, 0.4) is 0 Å². The maximum atomic E-state index is 13.2. The lowest BCUT2D eigenvalue weighted by atomic mass is 10.1. The lowest BCUT2D eigenvalue weighted by molar-refractivity contribution is -0.117. The normalized spacial score (nSPS) is 20.2. The minimum absolute atomic E-state index is 0.0389. The zero-order valence-corrected chi connectivity index (χ0v) is 22.6. The van der Waals surface area contributed by atoms with Gasteiger partial charge in [-0.3, -0.25) is 9.78 Å². The summed E-state index contributed by atoms with van der Waals surface area (Å²) in [5, 5.41) is 5.02. The third-order valence-electron chi connectivity index (χ3n) is 6.87. The molecule has 1 saturated heterocycles. The Morgan fingerprint density at radius 2 is 1.68 bits per heavy atom. The number of ether oxygens (including phenoxy) is 1. The van der Waals surface area contributed by atoms with Crippen molar-refractivity contribution in [1.82, 2.24) is 14.2 Å². The standard InChI is InChI=1S/C28H32N4O5S/c1-28(2,3)37-27(34)31-12-14-32(15-13-31)38(35,36)23-8-5-19(6-9-23)24-17-25(24)26(33)30-22-7-4-21-18-29-11-10-20(21)16-22/h4-11,16,18,24-25H,12-15,17H2,1-3H3,(H,30,33). The van der Waals surface area contributed by atoms with Gasteiger partial charge in [0.15, 0.2) is 0 Å². The van der Waals surface area contributed by atoms with Gasteiger partial charge < -0.3 is 15.0 Å². The molecule has 38 heavy (non-hydrogen) atoms. The summed E-state index contributed by atoms with van der Waals surface area (Å²) in [4.78, 5) is 30.9. The van der Waals surface area contributed by atoms with Crippen LogP contribution in [0.15, 0.2) is 65.8 Å². The average Bonchev–Trinajstić information content (AvgIpc) is 3.69. The van der Waals surface area contributed by atoms with Crippen molar-refractivity contribution < 1.29 is 22.7 Å². The number of carbonyl (C=O) groups excluding carboxylic acids is 2. The van der Waals surface area contributed by atoms with Crippen molar-refractivity contribution in [2.24, 2.45) is 5.92 Å². The van der Waals surface area contributed by atoms with Gasteiger partial charge in [0.05, 0.1) is 4.90 Å². The number of sulfonamides is 1. The number of anilines is 1. The Morgan fingerprint density at radius 1 is 0.974 bits per heavy atom. The quantitative estimate of drug-likeness (QED) is 0.523. The summed E-state index contributed by atoms with van der Waals surface area (Å²) < 4.78 is 33.1. The number of rotatable bonds is 5. The number of hydrogen-bond donors (Lipinski definition) is 1. The Hall–Kier alpha value is -3.50. The Kier molecular flexibility index (Phi) is 6.87. The van der Waals surface area contributed by atoms with Gasteiger partial charge in [-0.25, -0.2) is 13.2 Å². The van der Waals surface area contributed by atoms with Crippen LogP contribution in [0.1, 0.15) is 38.7 Å². The summed E-state index contributed by atoms with van der Waals surface area (Å²) in [7, 11) is -3.69. The maximum Gasteiger partial charge on any atom is 0.410 e. The fourth-order valence-electron chi connectivity index (χ4n) is 4.72. The highest BCUT2D eigenvalue weighted by atomic mass is 32.2. The highest BCUT2D eigenvalue weighted by Crippen LogP contribution is 2.48. The number of fused-ring (bicyclic) bond motifs is 1. The van der Waals surface area contributed by atoms with Crippen LogP contribution >= 0.6 is 0 Å². The molecule has 0 spiro atoms. The third-order valence-corrected chi connectivity index (χ3v) is 8.78. The second-order valence-corrected chi connectivity index (χ2v) is 12.8. The van der Waals surface area contributed by atoms with Crippen LogP contribution in [-0.4, -0.2) is 66.4 Å². The Balaban J connectivity index is 1.17. The molecule has 2 fully saturated rings. The van der Waals surface area contributed by atoms with Crippen molar-refractivity contribution in [2.75, 3.05) is 31.5 Å². The summed E-state index contributed by atoms with van der Waals surface area (Å²) in [5.41, 5.74) is 1.09. The summed E-state index contributed by atoms with van der Waals surface area (Å²) in [6.07, 6.45) is 3.80. The third kappa shape index (κ3) is 5.66. The molecule has 2 heterocycles. The fourth-order valence-corrected chi connectivity index (χ4v) is 6.14. The van der Waals surface area contributed by atoms with Crippen LogP contribution < -0.4 is 5.32 Å². The Labute approximate surface area is 222 Å². The summed E-state index contributed by atoms with van der Waals surface area (Å²) >= 11 is 0. The molecule has 9 nitrogen and oxygen atoms in total. The molecule has 2 aromatic carbocycles. The number of aromatic nitrogens is 1. The smallest absolute Gasteiger partial charge is 0.410 e. The van der Waals surface area contributed by atoms with E-state index in [-0.39, 0.29) is 48.8 Å². The van der Waals surface area contributed by atoms with Crippen LogP contribution in [0.4, 0.5) is 10.5 Å². The summed E-state index contributed by atoms with van der Waals surface area (Å²) in [6.45, 7) is 6.37. The lowest BCUT2D eigenvalue weighted by Crippen LogP contribution is -2.51. The molecule has 0 bridgehead atoms. The molecular weight excluding hydrogens is 504 g/mol. The van der Waals surface area contributed by atoms with Gasteiger partial charge in [-0.1, -0.05) is 18.2 Å². The first-order chi connectivity index (χ1) is 18.0. The second kappa shape index (κ2) is 9.99. The van der Waals surface area contributed by atoms with E-state index < -0.39 is 21.7 Å². The number of piperazine rings is 1. The SMILES string of the molecule is CC(C)(C)OC(=O)N1CCN(S(=O)(=O)c2ccc(C3CC3C(=O)Nc3ccc4cnccc4c3)cc2)CC1. The first-order valence-corrected chi connectivity index (χ1v) is 14.2. The van der Waals surface area contributed by atoms with Gasteiger partial charge in [0.1, 0.15) is 5.60 Å². The molecule has 1 N–H and O–H groups in total. The molecule has 2 amide bonds. The zero-order valence-electron chi connectivity index (χ0n) is 21.8. The number of amides is 2. The molecule has 2 unspecified atom stereocenters. The average molecular weight is 537 g/mol. The van der Waals surface area contributed by atoms with Gasteiger partial charge in [-0.2, -0.15) is 4.31 Å². The highest BCUT2D eigenvalue weighted by Gasteiger charge is 2.44. The van der Waals surface area contributed by atoms with Crippen molar-refractivity contribution >= 4 is 38.5 Å². The van der Waals surface area contributed by atoms with E-state index in [1.807, 2.05) is 24.3 Å². The molecule has 1 saturated carbocycles. The molecule has 1 aliphatic heterocycles. The van der Waals surface area contributed by atoms with Crippen LogP contribution in [0.2, 0.25) is 0 Å². The fraction of sp³-hybridized carbons (Fsp3) is 0.393. The van der Waals surface area contributed by atoms with E-state index in [0.29, 0.717) is 0 Å². The Morgan fingerprint density at radius 3 is 2.37 bits per heavy atom. The molecule has 0 radical (unpaired) electrons. The molecule has 2 atom stereocenters. The minimum atomic E-state index is -3.69. The maximum absolute atomic E-state index is 13.2. The molecule has 3 aromatic rings. The predicted molar refractivity (Wildman–Crippen MR) is 144 cm³/mol. The van der Waals surface area contributed by atoms with Gasteiger partial charge in [0, 0.05) is 55.6 Å². The minimum Gasteiger partial charge on any atom is -0.444 e. The predicted octanol–water partition coefficient (Wildman–Crippen LogP) is 4.22. The van der Waals surface area contributed by atoms with E-state index in [2.05, 4.69) is 10.3 Å². The van der Waals surface area contributed by atoms with Gasteiger partial charge in [0.25, 0.3) is 0 Å². The van der Waals surface area contributed by atoms with Crippen LogP contribution in [0, 0.1) is 5.92 Å². The number of nitrogens with one attached hydrogen (secondary N) is 1. The molecule has 1 aromatic heterocycles. The van der Waals surface area contributed by atoms with E-state index in [9.17, 15) is 18.0 Å². The van der Waals surface area contributed by atoms with E-state index in [1.54, 1.807) is 57.4 Å². The number of carbonyl (C=O) groups is 2. The molecule has 10 heteroatoms. The van der Waals surface area contributed by atoms with E-state index in [1.165, 1.54) is 9.21 Å². The first kappa shape index (κ1) is 26.1. The Bertz CT molecular complexity index is 1460. The van der Waals surface area contributed by atoms with Crippen LogP contribution in [0.5, 0.6) is 0 Å². The second-order valence-electron chi connectivity index (χ2n) is 10.8. The van der Waals surface area contributed by atoms with Crippen molar-refractivity contribution in [1.29, 1.82) is 0 Å². The van der Waals surface area contributed by atoms with Crippen molar-refractivity contribution in [3.05, 3.63) is 66.5 Å². The molecule has 5 rings (SSSR count). The van der Waals surface area contributed by atoms with Gasteiger partial charge in [-0.15, -0.1) is 0 Å². The summed E-state index contributed by atoms with van der Waals surface area (Å²) in [5.74, 6) is -0.122. The molecular formula is C28H32N4O5S. The van der Waals surface area contributed by atoms with Gasteiger partial charge in [-0.05, 0) is 74.4 Å². The van der Waals surface area contributed by atoms with E-state index in [0.717, 1.165) is 28.4 Å². The summed E-state index contributed by atoms with van der Waals surface area (Å²) in [6, 6.07) is 14.4. The molecule has 1 aliphatic carbocycles. The topological polar surface area (TPSA) is 109 Å². The number of benzene rings is 2. The van der Waals surface area contributed by atoms with Crippen LogP contribution in [0.25, 0.3) is 10.8 Å². The number of nitrogens with zero attached hydrogens (tertiary/aromatic N) is 3. The van der Waals surface area contributed by atoms with Gasteiger partial charge in [0.2, 0.25) is 15.9 Å². The van der Waals surface area contributed by atoms with Crippen molar-refractivity contribution in [3.8, 4) is 0 Å².